The molecule has 5 heteroatoms. The highest BCUT2D eigenvalue weighted by atomic mass is 32.1. The standard InChI is InChI=1S/C24H23NO3S/c1-27-21-15-18-12-13-25(23(26)11-10-19-9-6-14-29-19)24(17-7-4-3-5-8-17)20(18)16-22(21)28-2/h3-11,14-16,24H,12-13H2,1-2H3/b11-10+/t24-/m1/s1. The first kappa shape index (κ1) is 19.3. The number of amides is 1. The van der Waals surface area contributed by atoms with Crippen LogP contribution < -0.4 is 9.47 Å². The van der Waals surface area contributed by atoms with Crippen molar-refractivity contribution in [3.63, 3.8) is 0 Å². The van der Waals surface area contributed by atoms with E-state index in [-0.39, 0.29) is 11.9 Å². The fourth-order valence-corrected chi connectivity index (χ4v) is 4.43. The van der Waals surface area contributed by atoms with E-state index in [9.17, 15) is 4.79 Å². The number of hydrogen-bond acceptors (Lipinski definition) is 4. The van der Waals surface area contributed by atoms with Crippen LogP contribution in [0.3, 0.4) is 0 Å². The minimum atomic E-state index is -0.166. The second-order valence-corrected chi connectivity index (χ2v) is 7.83. The fourth-order valence-electron chi connectivity index (χ4n) is 3.81. The molecule has 3 aromatic rings. The van der Waals surface area contributed by atoms with Crippen molar-refractivity contribution in [2.45, 2.75) is 12.5 Å². The molecule has 1 aromatic heterocycles. The molecular formula is C24H23NO3S. The monoisotopic (exact) mass is 405 g/mol. The quantitative estimate of drug-likeness (QED) is 0.564. The summed E-state index contributed by atoms with van der Waals surface area (Å²) in [7, 11) is 3.28. The van der Waals surface area contributed by atoms with Crippen molar-refractivity contribution in [3.8, 4) is 11.5 Å². The number of thiophene rings is 1. The van der Waals surface area contributed by atoms with E-state index in [1.54, 1.807) is 31.6 Å². The van der Waals surface area contributed by atoms with Crippen LogP contribution in [0.15, 0.2) is 66.1 Å². The van der Waals surface area contributed by atoms with Crippen LogP contribution in [0.2, 0.25) is 0 Å². The number of hydrogen-bond donors (Lipinski definition) is 0. The maximum Gasteiger partial charge on any atom is 0.247 e. The Morgan fingerprint density at radius 1 is 1.07 bits per heavy atom. The summed E-state index contributed by atoms with van der Waals surface area (Å²) in [5.74, 6) is 1.40. The predicted molar refractivity (Wildman–Crippen MR) is 117 cm³/mol. The number of fused-ring (bicyclic) bond motifs is 1. The number of ether oxygens (including phenoxy) is 2. The average molecular weight is 406 g/mol. The van der Waals surface area contributed by atoms with Crippen LogP contribution in [-0.2, 0) is 11.2 Å². The summed E-state index contributed by atoms with van der Waals surface area (Å²) in [5.41, 5.74) is 3.35. The van der Waals surface area contributed by atoms with Crippen LogP contribution in [-0.4, -0.2) is 31.6 Å². The summed E-state index contributed by atoms with van der Waals surface area (Å²) in [6.07, 6.45) is 4.34. The van der Waals surface area contributed by atoms with Gasteiger partial charge in [0.1, 0.15) is 0 Å². The molecule has 29 heavy (non-hydrogen) atoms. The Morgan fingerprint density at radius 3 is 2.52 bits per heavy atom. The Kier molecular flexibility index (Phi) is 5.67. The number of rotatable bonds is 5. The summed E-state index contributed by atoms with van der Waals surface area (Å²) in [6.45, 7) is 0.648. The molecule has 0 saturated heterocycles. The van der Waals surface area contributed by atoms with E-state index >= 15 is 0 Å². The number of nitrogens with zero attached hydrogens (tertiary/aromatic N) is 1. The van der Waals surface area contributed by atoms with E-state index < -0.39 is 0 Å². The Morgan fingerprint density at radius 2 is 1.83 bits per heavy atom. The summed E-state index contributed by atoms with van der Waals surface area (Å²) in [6, 6.07) is 18.0. The van der Waals surface area contributed by atoms with E-state index in [2.05, 4.69) is 12.1 Å². The van der Waals surface area contributed by atoms with Gasteiger partial charge in [-0.05, 0) is 52.8 Å². The molecule has 1 atom stereocenters. The van der Waals surface area contributed by atoms with Crippen LogP contribution in [0.4, 0.5) is 0 Å². The Bertz CT molecular complexity index is 1010. The van der Waals surface area contributed by atoms with Gasteiger partial charge in [0.15, 0.2) is 11.5 Å². The molecule has 148 valence electrons. The third-order valence-corrected chi connectivity index (χ3v) is 6.04. The lowest BCUT2D eigenvalue weighted by Crippen LogP contribution is -2.39. The van der Waals surface area contributed by atoms with E-state index in [0.717, 1.165) is 28.2 Å². The highest BCUT2D eigenvalue weighted by Gasteiger charge is 2.32. The van der Waals surface area contributed by atoms with Gasteiger partial charge >= 0.3 is 0 Å². The molecule has 1 aliphatic rings. The Balaban J connectivity index is 1.76. The number of carbonyl (C=O) groups is 1. The molecule has 0 aliphatic carbocycles. The third kappa shape index (κ3) is 3.91. The van der Waals surface area contributed by atoms with Crippen molar-refractivity contribution in [2.24, 2.45) is 0 Å². The smallest absolute Gasteiger partial charge is 0.247 e. The van der Waals surface area contributed by atoms with Gasteiger partial charge in [-0.25, -0.2) is 0 Å². The molecule has 2 heterocycles. The first-order chi connectivity index (χ1) is 14.2. The van der Waals surface area contributed by atoms with Crippen molar-refractivity contribution >= 4 is 23.3 Å². The summed E-state index contributed by atoms with van der Waals surface area (Å²) < 4.78 is 11.0. The van der Waals surface area contributed by atoms with Gasteiger partial charge in [-0.2, -0.15) is 0 Å². The molecule has 2 aromatic carbocycles. The van der Waals surface area contributed by atoms with Crippen molar-refractivity contribution in [1.82, 2.24) is 4.90 Å². The number of carbonyl (C=O) groups excluding carboxylic acids is 1. The minimum Gasteiger partial charge on any atom is -0.493 e. The van der Waals surface area contributed by atoms with Crippen molar-refractivity contribution < 1.29 is 14.3 Å². The molecule has 0 unspecified atom stereocenters. The normalized spacial score (nSPS) is 15.9. The van der Waals surface area contributed by atoms with E-state index in [4.69, 9.17) is 9.47 Å². The maximum atomic E-state index is 13.2. The van der Waals surface area contributed by atoms with Crippen molar-refractivity contribution in [2.75, 3.05) is 20.8 Å². The lowest BCUT2D eigenvalue weighted by molar-refractivity contribution is -0.127. The van der Waals surface area contributed by atoms with Crippen LogP contribution in [0.5, 0.6) is 11.5 Å². The topological polar surface area (TPSA) is 38.8 Å². The summed E-state index contributed by atoms with van der Waals surface area (Å²) in [5, 5.41) is 2.01. The van der Waals surface area contributed by atoms with Crippen LogP contribution >= 0.6 is 11.3 Å². The van der Waals surface area contributed by atoms with Crippen molar-refractivity contribution in [3.05, 3.63) is 87.6 Å². The van der Waals surface area contributed by atoms with E-state index in [0.29, 0.717) is 12.3 Å². The molecule has 1 amide bonds. The Hall–Kier alpha value is -3.05. The van der Waals surface area contributed by atoms with Gasteiger partial charge < -0.3 is 14.4 Å². The molecule has 0 fully saturated rings. The second-order valence-electron chi connectivity index (χ2n) is 6.85. The molecule has 0 saturated carbocycles. The van der Waals surface area contributed by atoms with Gasteiger partial charge in [0.05, 0.1) is 20.3 Å². The van der Waals surface area contributed by atoms with Gasteiger partial charge in [0, 0.05) is 17.5 Å². The van der Waals surface area contributed by atoms with Crippen LogP contribution in [0, 0.1) is 0 Å². The SMILES string of the molecule is COc1cc2c(cc1OC)[C@@H](c1ccccc1)N(C(=O)/C=C/c1cccs1)CC2. The molecule has 4 rings (SSSR count). The second kappa shape index (κ2) is 8.53. The molecule has 1 aliphatic heterocycles. The third-order valence-electron chi connectivity index (χ3n) is 5.21. The van der Waals surface area contributed by atoms with E-state index in [1.165, 1.54) is 5.56 Å². The predicted octanol–water partition coefficient (Wildman–Crippen LogP) is 4.95. The zero-order valence-corrected chi connectivity index (χ0v) is 17.3. The highest BCUT2D eigenvalue weighted by Crippen LogP contribution is 2.41. The number of benzene rings is 2. The first-order valence-corrected chi connectivity index (χ1v) is 10.4. The lowest BCUT2D eigenvalue weighted by Gasteiger charge is -2.37. The fraction of sp³-hybridized carbons (Fsp3) is 0.208. The Labute approximate surface area is 175 Å². The average Bonchev–Trinajstić information content (AvgIpc) is 3.30. The minimum absolute atomic E-state index is 0.00712. The maximum absolute atomic E-state index is 13.2. The van der Waals surface area contributed by atoms with Crippen LogP contribution in [0.25, 0.3) is 6.08 Å². The van der Waals surface area contributed by atoms with Gasteiger partial charge in [-0.15, -0.1) is 11.3 Å². The van der Waals surface area contributed by atoms with Gasteiger partial charge in [0.2, 0.25) is 5.91 Å². The van der Waals surface area contributed by atoms with Gasteiger partial charge in [-0.3, -0.25) is 4.79 Å². The van der Waals surface area contributed by atoms with Crippen molar-refractivity contribution in [1.29, 1.82) is 0 Å². The van der Waals surface area contributed by atoms with Crippen LogP contribution in [0.1, 0.15) is 27.6 Å². The lowest BCUT2D eigenvalue weighted by atomic mass is 9.87. The molecule has 0 spiro atoms. The zero-order chi connectivity index (χ0) is 20.2. The molecule has 0 radical (unpaired) electrons. The molecular weight excluding hydrogens is 382 g/mol. The molecule has 0 N–H and O–H groups in total. The summed E-state index contributed by atoms with van der Waals surface area (Å²) in [4.78, 5) is 16.2. The largest absolute Gasteiger partial charge is 0.493 e. The highest BCUT2D eigenvalue weighted by molar-refractivity contribution is 7.10. The first-order valence-electron chi connectivity index (χ1n) is 9.53. The van der Waals surface area contributed by atoms with E-state index in [1.807, 2.05) is 58.8 Å². The molecule has 4 nitrogen and oxygen atoms in total. The van der Waals surface area contributed by atoms with Gasteiger partial charge in [-0.1, -0.05) is 36.4 Å². The number of methoxy groups -OCH3 is 2. The summed E-state index contributed by atoms with van der Waals surface area (Å²) >= 11 is 1.62. The van der Waals surface area contributed by atoms with Gasteiger partial charge in [0.25, 0.3) is 0 Å². The molecule has 0 bridgehead atoms. The zero-order valence-electron chi connectivity index (χ0n) is 16.5.